The number of hydrogen-bond acceptors (Lipinski definition) is 6. The van der Waals surface area contributed by atoms with E-state index in [0.29, 0.717) is 19.5 Å². The number of primary amides is 1. The van der Waals surface area contributed by atoms with Gasteiger partial charge >= 0.3 is 0 Å². The van der Waals surface area contributed by atoms with E-state index in [1.54, 1.807) is 11.1 Å². The summed E-state index contributed by atoms with van der Waals surface area (Å²) in [7, 11) is 0. The normalized spacial score (nSPS) is 24.3. The molecule has 7 nitrogen and oxygen atoms in total. The average Bonchev–Trinajstić information content (AvgIpc) is 2.38. The Bertz CT molecular complexity index is 336. The van der Waals surface area contributed by atoms with Crippen LogP contribution >= 0.6 is 0 Å². The average molecular weight is 287 g/mol. The van der Waals surface area contributed by atoms with E-state index < -0.39 is 18.4 Å². The second-order valence-corrected chi connectivity index (χ2v) is 5.28. The van der Waals surface area contributed by atoms with Crippen LogP contribution in [0.25, 0.3) is 0 Å². The number of aliphatic hydroxyl groups is 2. The Labute approximate surface area is 119 Å². The second-order valence-electron chi connectivity index (χ2n) is 5.28. The third-order valence-corrected chi connectivity index (χ3v) is 3.18. The number of rotatable bonds is 8. The molecule has 1 heterocycles. The Morgan fingerprint density at radius 3 is 2.70 bits per heavy atom. The van der Waals surface area contributed by atoms with E-state index in [-0.39, 0.29) is 18.6 Å². The SMILES string of the molecule is CC(C)OC(O)N(CCO)C[C@@H]1C=NC(C(N)=O)CC1. The molecule has 20 heavy (non-hydrogen) atoms. The highest BCUT2D eigenvalue weighted by atomic mass is 16.6. The van der Waals surface area contributed by atoms with Crippen LogP contribution in [-0.4, -0.2) is 65.5 Å². The number of amides is 1. The molecular weight excluding hydrogens is 262 g/mol. The van der Waals surface area contributed by atoms with Gasteiger partial charge in [-0.3, -0.25) is 14.7 Å². The number of hydrogen-bond donors (Lipinski definition) is 3. The standard InChI is InChI=1S/C13H25N3O4/c1-9(2)20-13(19)16(5-6-17)8-10-3-4-11(12(14)18)15-7-10/h7,9-11,13,17,19H,3-6,8H2,1-2H3,(H2,14,18)/t10-,11?,13?/m0/s1. The maximum absolute atomic E-state index is 11.0. The Morgan fingerprint density at radius 1 is 1.55 bits per heavy atom. The van der Waals surface area contributed by atoms with E-state index in [9.17, 15) is 9.90 Å². The highest BCUT2D eigenvalue weighted by molar-refractivity contribution is 5.82. The number of nitrogens with two attached hydrogens (primary N) is 1. The van der Waals surface area contributed by atoms with Crippen molar-refractivity contribution < 1.29 is 19.7 Å². The fourth-order valence-corrected chi connectivity index (χ4v) is 2.15. The van der Waals surface area contributed by atoms with Crippen LogP contribution < -0.4 is 5.73 Å². The van der Waals surface area contributed by atoms with Crippen LogP contribution in [0.2, 0.25) is 0 Å². The van der Waals surface area contributed by atoms with Crippen LogP contribution in [0.5, 0.6) is 0 Å². The smallest absolute Gasteiger partial charge is 0.242 e. The van der Waals surface area contributed by atoms with Gasteiger partial charge in [0.15, 0.2) is 0 Å². The molecule has 0 saturated carbocycles. The predicted octanol–water partition coefficient (Wildman–Crippen LogP) is -0.684. The quantitative estimate of drug-likeness (QED) is 0.512. The molecule has 0 saturated heterocycles. The van der Waals surface area contributed by atoms with Crippen molar-refractivity contribution in [3.63, 3.8) is 0 Å². The maximum Gasteiger partial charge on any atom is 0.242 e. The minimum atomic E-state index is -1.05. The van der Waals surface area contributed by atoms with E-state index in [0.717, 1.165) is 6.42 Å². The van der Waals surface area contributed by atoms with E-state index in [2.05, 4.69) is 4.99 Å². The Hall–Kier alpha value is -1.02. The third kappa shape index (κ3) is 5.54. The van der Waals surface area contributed by atoms with Crippen molar-refractivity contribution in [2.75, 3.05) is 19.7 Å². The van der Waals surface area contributed by atoms with Crippen molar-refractivity contribution in [3.8, 4) is 0 Å². The van der Waals surface area contributed by atoms with Crippen molar-refractivity contribution in [2.24, 2.45) is 16.6 Å². The maximum atomic E-state index is 11.0. The first-order valence-electron chi connectivity index (χ1n) is 6.95. The molecule has 0 aliphatic carbocycles. The lowest BCUT2D eigenvalue weighted by Crippen LogP contribution is -2.44. The Balaban J connectivity index is 2.54. The number of nitrogens with zero attached hydrogens (tertiary/aromatic N) is 2. The van der Waals surface area contributed by atoms with Crippen LogP contribution in [0, 0.1) is 5.92 Å². The largest absolute Gasteiger partial charge is 0.395 e. The molecule has 0 aromatic carbocycles. The van der Waals surface area contributed by atoms with Gasteiger partial charge in [0.25, 0.3) is 0 Å². The summed E-state index contributed by atoms with van der Waals surface area (Å²) < 4.78 is 5.32. The van der Waals surface area contributed by atoms with Crippen LogP contribution in [0.3, 0.4) is 0 Å². The highest BCUT2D eigenvalue weighted by Gasteiger charge is 2.25. The van der Waals surface area contributed by atoms with E-state index in [1.165, 1.54) is 0 Å². The number of aliphatic hydroxyl groups excluding tert-OH is 2. The van der Waals surface area contributed by atoms with Gasteiger partial charge in [-0.25, -0.2) is 0 Å². The molecule has 1 aliphatic rings. The number of aliphatic imine (C=N–C) groups is 1. The lowest BCUT2D eigenvalue weighted by Gasteiger charge is -2.31. The molecule has 116 valence electrons. The molecule has 4 N–H and O–H groups in total. The van der Waals surface area contributed by atoms with Crippen molar-refractivity contribution in [3.05, 3.63) is 0 Å². The van der Waals surface area contributed by atoms with Gasteiger partial charge in [0.1, 0.15) is 6.04 Å². The van der Waals surface area contributed by atoms with E-state index in [4.69, 9.17) is 15.6 Å². The first kappa shape index (κ1) is 17.0. The van der Waals surface area contributed by atoms with Crippen molar-refractivity contribution >= 4 is 12.1 Å². The lowest BCUT2D eigenvalue weighted by atomic mass is 9.97. The minimum Gasteiger partial charge on any atom is -0.395 e. The zero-order valence-corrected chi connectivity index (χ0v) is 12.1. The minimum absolute atomic E-state index is 0.0632. The molecule has 7 heteroatoms. The number of carbonyl (C=O) groups is 1. The molecular formula is C13H25N3O4. The van der Waals surface area contributed by atoms with Gasteiger partial charge in [-0.15, -0.1) is 0 Å². The fraction of sp³-hybridized carbons (Fsp3) is 0.846. The monoisotopic (exact) mass is 287 g/mol. The van der Waals surface area contributed by atoms with Crippen LogP contribution in [-0.2, 0) is 9.53 Å². The first-order valence-corrected chi connectivity index (χ1v) is 6.95. The second kappa shape index (κ2) is 8.31. The number of ether oxygens (including phenoxy) is 1. The molecule has 0 aromatic heterocycles. The Morgan fingerprint density at radius 2 is 2.25 bits per heavy atom. The Kier molecular flexibility index (Phi) is 7.08. The topological polar surface area (TPSA) is 108 Å². The lowest BCUT2D eigenvalue weighted by molar-refractivity contribution is -0.214. The first-order chi connectivity index (χ1) is 9.43. The van der Waals surface area contributed by atoms with Gasteiger partial charge in [0.2, 0.25) is 12.3 Å². The van der Waals surface area contributed by atoms with Gasteiger partial charge in [0.05, 0.1) is 12.7 Å². The van der Waals surface area contributed by atoms with Gasteiger partial charge in [0, 0.05) is 25.2 Å². The molecule has 2 unspecified atom stereocenters. The van der Waals surface area contributed by atoms with Crippen molar-refractivity contribution in [1.82, 2.24) is 4.90 Å². The molecule has 1 aliphatic heterocycles. The molecule has 0 spiro atoms. The summed E-state index contributed by atoms with van der Waals surface area (Å²) in [6.45, 7) is 4.44. The van der Waals surface area contributed by atoms with Crippen molar-refractivity contribution in [2.45, 2.75) is 45.2 Å². The fourth-order valence-electron chi connectivity index (χ4n) is 2.15. The molecule has 1 rings (SSSR count). The summed E-state index contributed by atoms with van der Waals surface area (Å²) >= 11 is 0. The van der Waals surface area contributed by atoms with Gasteiger partial charge in [-0.2, -0.15) is 0 Å². The zero-order valence-electron chi connectivity index (χ0n) is 12.1. The summed E-state index contributed by atoms with van der Waals surface area (Å²) in [6, 6.07) is -0.436. The predicted molar refractivity (Wildman–Crippen MR) is 75.1 cm³/mol. The van der Waals surface area contributed by atoms with Gasteiger partial charge in [-0.05, 0) is 26.7 Å². The van der Waals surface area contributed by atoms with E-state index in [1.807, 2.05) is 13.8 Å². The summed E-state index contributed by atoms with van der Waals surface area (Å²) in [6.07, 6.45) is 1.94. The summed E-state index contributed by atoms with van der Waals surface area (Å²) in [5.41, 5.74) is 5.21. The van der Waals surface area contributed by atoms with Gasteiger partial charge < -0.3 is 20.7 Å². The number of carbonyl (C=O) groups excluding carboxylic acids is 1. The molecule has 1 amide bonds. The van der Waals surface area contributed by atoms with Crippen LogP contribution in [0.4, 0.5) is 0 Å². The summed E-state index contributed by atoms with van der Waals surface area (Å²) in [4.78, 5) is 16.8. The molecule has 0 bridgehead atoms. The molecule has 3 atom stereocenters. The highest BCUT2D eigenvalue weighted by Crippen LogP contribution is 2.17. The van der Waals surface area contributed by atoms with Crippen molar-refractivity contribution in [1.29, 1.82) is 0 Å². The molecule has 0 aromatic rings. The summed E-state index contributed by atoms with van der Waals surface area (Å²) in [5, 5.41) is 19.0. The van der Waals surface area contributed by atoms with E-state index >= 15 is 0 Å². The molecule has 0 radical (unpaired) electrons. The van der Waals surface area contributed by atoms with Gasteiger partial charge in [-0.1, -0.05) is 0 Å². The van der Waals surface area contributed by atoms with Crippen LogP contribution in [0.15, 0.2) is 4.99 Å². The van der Waals surface area contributed by atoms with Crippen LogP contribution in [0.1, 0.15) is 26.7 Å². The third-order valence-electron chi connectivity index (χ3n) is 3.18. The summed E-state index contributed by atoms with van der Waals surface area (Å²) in [5.74, 6) is -0.294. The molecule has 0 fully saturated rings. The zero-order chi connectivity index (χ0) is 15.1.